The lowest BCUT2D eigenvalue weighted by molar-refractivity contribution is 0.0914. The van der Waals surface area contributed by atoms with E-state index in [0.29, 0.717) is 18.7 Å². The predicted octanol–water partition coefficient (Wildman–Crippen LogP) is 4.71. The lowest BCUT2D eigenvalue weighted by Crippen LogP contribution is -2.41. The van der Waals surface area contributed by atoms with Crippen LogP contribution in [-0.4, -0.2) is 42.2 Å². The van der Waals surface area contributed by atoms with Crippen molar-refractivity contribution in [3.63, 3.8) is 0 Å². The van der Waals surface area contributed by atoms with Crippen molar-refractivity contribution in [2.75, 3.05) is 26.2 Å². The molecule has 1 amide bonds. The molecule has 0 spiro atoms. The Balaban J connectivity index is 1.72. The summed E-state index contributed by atoms with van der Waals surface area (Å²) >= 11 is 7.78. The third-order valence-corrected chi connectivity index (χ3v) is 6.44. The number of hydrogen-bond donors (Lipinski definition) is 2. The minimum atomic E-state index is -0.227. The second-order valence-corrected chi connectivity index (χ2v) is 8.58. The van der Waals surface area contributed by atoms with Crippen molar-refractivity contribution in [3.05, 3.63) is 45.1 Å². The van der Waals surface area contributed by atoms with E-state index in [1.54, 1.807) is 11.3 Å². The van der Waals surface area contributed by atoms with Gasteiger partial charge in [0.2, 0.25) is 0 Å². The highest BCUT2D eigenvalue weighted by Gasteiger charge is 2.26. The molecule has 1 unspecified atom stereocenters. The van der Waals surface area contributed by atoms with Gasteiger partial charge in [-0.1, -0.05) is 24.6 Å². The molecule has 0 aliphatic carbocycles. The number of carbonyl (C=O) groups is 1. The van der Waals surface area contributed by atoms with E-state index in [-0.39, 0.29) is 28.5 Å². The first-order chi connectivity index (χ1) is 13.5. The summed E-state index contributed by atoms with van der Waals surface area (Å²) in [5.41, 5.74) is 0.378. The summed E-state index contributed by atoms with van der Waals surface area (Å²) in [5, 5.41) is 15.2. The number of hydrogen-bond acceptors (Lipinski definition) is 5. The quantitative estimate of drug-likeness (QED) is 0.678. The molecule has 7 heteroatoms. The van der Waals surface area contributed by atoms with Crippen molar-refractivity contribution >= 4 is 28.8 Å². The minimum absolute atomic E-state index is 0.107. The molecule has 2 heterocycles. The Hall–Kier alpha value is -1.76. The Morgan fingerprint density at radius 2 is 2.18 bits per heavy atom. The predicted molar refractivity (Wildman–Crippen MR) is 114 cm³/mol. The molecule has 1 saturated heterocycles. The second kappa shape index (κ2) is 9.63. The molecule has 3 rings (SSSR count). The molecule has 0 radical (unpaired) electrons. The third-order valence-electron chi connectivity index (χ3n) is 5.18. The molecule has 0 saturated carbocycles. The summed E-state index contributed by atoms with van der Waals surface area (Å²) in [6.45, 7) is 7.09. The number of benzene rings is 1. The van der Waals surface area contributed by atoms with E-state index in [4.69, 9.17) is 16.3 Å². The Morgan fingerprint density at radius 3 is 2.82 bits per heavy atom. The molecule has 1 aromatic carbocycles. The Bertz CT molecular complexity index is 789. The van der Waals surface area contributed by atoms with Crippen LogP contribution in [0.2, 0.25) is 5.02 Å². The van der Waals surface area contributed by atoms with Gasteiger partial charge in [-0.15, -0.1) is 11.3 Å². The largest absolute Gasteiger partial charge is 0.503 e. The average Bonchev–Trinajstić information content (AvgIpc) is 3.21. The molecule has 0 bridgehead atoms. The number of nitrogens with zero attached hydrogens (tertiary/aromatic N) is 1. The fourth-order valence-corrected chi connectivity index (χ4v) is 4.56. The van der Waals surface area contributed by atoms with Crippen LogP contribution in [0.5, 0.6) is 11.5 Å². The molecule has 28 heavy (non-hydrogen) atoms. The zero-order valence-electron chi connectivity index (χ0n) is 16.3. The van der Waals surface area contributed by atoms with Gasteiger partial charge in [-0.25, -0.2) is 0 Å². The summed E-state index contributed by atoms with van der Waals surface area (Å²) in [7, 11) is 0. The van der Waals surface area contributed by atoms with Gasteiger partial charge < -0.3 is 15.2 Å². The van der Waals surface area contributed by atoms with Crippen LogP contribution in [0.15, 0.2) is 29.6 Å². The lowest BCUT2D eigenvalue weighted by Gasteiger charge is -2.36. The van der Waals surface area contributed by atoms with Crippen LogP contribution in [0.25, 0.3) is 0 Å². The number of amides is 1. The van der Waals surface area contributed by atoms with Gasteiger partial charge >= 0.3 is 0 Å². The zero-order chi connectivity index (χ0) is 20.1. The number of halogens is 1. The molecule has 2 aromatic rings. The molecule has 1 fully saturated rings. The molecule has 1 aromatic heterocycles. The van der Waals surface area contributed by atoms with E-state index in [0.717, 1.165) is 19.0 Å². The van der Waals surface area contributed by atoms with E-state index in [2.05, 4.69) is 34.7 Å². The van der Waals surface area contributed by atoms with Crippen LogP contribution in [0.4, 0.5) is 0 Å². The van der Waals surface area contributed by atoms with Crippen molar-refractivity contribution in [1.82, 2.24) is 10.2 Å². The van der Waals surface area contributed by atoms with Crippen LogP contribution >= 0.6 is 22.9 Å². The first-order valence-corrected chi connectivity index (χ1v) is 11.0. The van der Waals surface area contributed by atoms with E-state index in [1.165, 1.54) is 29.9 Å². The number of ether oxygens (including phenoxy) is 1. The van der Waals surface area contributed by atoms with Gasteiger partial charge in [0.25, 0.3) is 5.91 Å². The van der Waals surface area contributed by atoms with Crippen molar-refractivity contribution in [3.8, 4) is 11.5 Å². The number of phenols is 1. The van der Waals surface area contributed by atoms with Crippen molar-refractivity contribution < 1.29 is 14.6 Å². The van der Waals surface area contributed by atoms with Gasteiger partial charge in [0.15, 0.2) is 11.5 Å². The fourth-order valence-electron chi connectivity index (χ4n) is 3.49. The van der Waals surface area contributed by atoms with Crippen LogP contribution < -0.4 is 10.1 Å². The number of likely N-dealkylation sites (tertiary alicyclic amines) is 1. The number of carbonyl (C=O) groups excluding carboxylic acids is 1. The van der Waals surface area contributed by atoms with E-state index < -0.39 is 0 Å². The van der Waals surface area contributed by atoms with Crippen LogP contribution in [-0.2, 0) is 0 Å². The maximum atomic E-state index is 12.8. The van der Waals surface area contributed by atoms with Gasteiger partial charge in [-0.05, 0) is 62.4 Å². The number of thiophene rings is 1. The summed E-state index contributed by atoms with van der Waals surface area (Å²) in [4.78, 5) is 16.5. The molecule has 1 aliphatic heterocycles. The summed E-state index contributed by atoms with van der Waals surface area (Å²) in [5.74, 6) is 0.611. The highest BCUT2D eigenvalue weighted by Crippen LogP contribution is 2.35. The van der Waals surface area contributed by atoms with Crippen molar-refractivity contribution in [1.29, 1.82) is 0 Å². The van der Waals surface area contributed by atoms with Crippen molar-refractivity contribution in [2.24, 2.45) is 5.92 Å². The monoisotopic (exact) mass is 422 g/mol. The standard InChI is InChI=1S/C21H27ClN2O3S/c1-3-27-18-12-15(11-16(22)20(18)25)21(26)23-13-17(19-5-4-10-28-19)24-8-6-14(2)7-9-24/h4-5,10-12,14,17,25H,3,6-9,13H2,1-2H3,(H,23,26). The first kappa shape index (κ1) is 21.0. The molecule has 2 N–H and O–H groups in total. The topological polar surface area (TPSA) is 61.8 Å². The Labute approximate surface area is 175 Å². The second-order valence-electron chi connectivity index (χ2n) is 7.20. The van der Waals surface area contributed by atoms with Gasteiger partial charge in [0, 0.05) is 17.0 Å². The molecule has 152 valence electrons. The summed E-state index contributed by atoms with van der Waals surface area (Å²) < 4.78 is 5.38. The molecule has 5 nitrogen and oxygen atoms in total. The minimum Gasteiger partial charge on any atom is -0.503 e. The number of aromatic hydroxyl groups is 1. The fraction of sp³-hybridized carbons (Fsp3) is 0.476. The van der Waals surface area contributed by atoms with Gasteiger partial charge in [-0.3, -0.25) is 9.69 Å². The summed E-state index contributed by atoms with van der Waals surface area (Å²) in [6.07, 6.45) is 2.36. The molecule has 1 atom stereocenters. The third kappa shape index (κ3) is 4.99. The van der Waals surface area contributed by atoms with Crippen molar-refractivity contribution in [2.45, 2.75) is 32.7 Å². The normalized spacial score (nSPS) is 16.7. The van der Waals surface area contributed by atoms with Crippen LogP contribution in [0.1, 0.15) is 48.0 Å². The first-order valence-electron chi connectivity index (χ1n) is 9.70. The molecular weight excluding hydrogens is 396 g/mol. The maximum absolute atomic E-state index is 12.8. The highest BCUT2D eigenvalue weighted by molar-refractivity contribution is 7.10. The summed E-state index contributed by atoms with van der Waals surface area (Å²) in [6, 6.07) is 7.34. The number of rotatable bonds is 7. The molecular formula is C21H27ClN2O3S. The number of phenolic OH excluding ortho intramolecular Hbond substituents is 1. The SMILES string of the molecule is CCOc1cc(C(=O)NCC(c2cccs2)N2CCC(C)CC2)cc(Cl)c1O. The number of nitrogens with one attached hydrogen (secondary N) is 1. The van der Waals surface area contributed by atoms with E-state index in [9.17, 15) is 9.90 Å². The maximum Gasteiger partial charge on any atom is 0.251 e. The molecule has 1 aliphatic rings. The van der Waals surface area contributed by atoms with Crippen LogP contribution in [0.3, 0.4) is 0 Å². The Kier molecular flexibility index (Phi) is 7.21. The zero-order valence-corrected chi connectivity index (χ0v) is 17.9. The van der Waals surface area contributed by atoms with Gasteiger partial charge in [0.1, 0.15) is 0 Å². The van der Waals surface area contributed by atoms with E-state index >= 15 is 0 Å². The van der Waals surface area contributed by atoms with Crippen LogP contribution in [0, 0.1) is 5.92 Å². The van der Waals surface area contributed by atoms with Gasteiger partial charge in [-0.2, -0.15) is 0 Å². The average molecular weight is 423 g/mol. The Morgan fingerprint density at radius 1 is 1.43 bits per heavy atom. The van der Waals surface area contributed by atoms with Gasteiger partial charge in [0.05, 0.1) is 17.7 Å². The highest BCUT2D eigenvalue weighted by atomic mass is 35.5. The van der Waals surface area contributed by atoms with E-state index in [1.807, 2.05) is 6.92 Å². The smallest absolute Gasteiger partial charge is 0.251 e. The lowest BCUT2D eigenvalue weighted by atomic mass is 9.97. The number of piperidine rings is 1.